The fourth-order valence-corrected chi connectivity index (χ4v) is 5.08. The quantitative estimate of drug-likeness (QED) is 0.627. The second kappa shape index (κ2) is 10.0. The van der Waals surface area contributed by atoms with E-state index in [1.54, 1.807) is 6.07 Å². The summed E-state index contributed by atoms with van der Waals surface area (Å²) in [5.41, 5.74) is 0.368. The number of hydrogen-bond acceptors (Lipinski definition) is 6. The van der Waals surface area contributed by atoms with Gasteiger partial charge in [0, 0.05) is 24.7 Å². The first-order valence-corrected chi connectivity index (χ1v) is 11.2. The number of carbonyl (C=O) groups is 2. The van der Waals surface area contributed by atoms with Gasteiger partial charge in [-0.1, -0.05) is 12.1 Å². The molecular weight excluding hydrogens is 446 g/mol. The summed E-state index contributed by atoms with van der Waals surface area (Å²) in [7, 11) is -2.77. The highest BCUT2D eigenvalue weighted by molar-refractivity contribution is 7.89. The van der Waals surface area contributed by atoms with Crippen LogP contribution in [0.1, 0.15) is 23.2 Å². The number of methoxy groups -OCH3 is 1. The molecule has 0 saturated carbocycles. The molecule has 0 atom stereocenters. The van der Waals surface area contributed by atoms with E-state index in [2.05, 4.69) is 14.8 Å². The van der Waals surface area contributed by atoms with Crippen molar-refractivity contribution in [1.29, 1.82) is 0 Å². The van der Waals surface area contributed by atoms with Gasteiger partial charge in [0.25, 0.3) is 0 Å². The summed E-state index contributed by atoms with van der Waals surface area (Å²) < 4.78 is 60.7. The maximum Gasteiger partial charge on any atom is 0.387 e. The van der Waals surface area contributed by atoms with Gasteiger partial charge < -0.3 is 14.8 Å². The van der Waals surface area contributed by atoms with Crippen molar-refractivity contribution in [2.75, 3.05) is 25.5 Å². The molecule has 172 valence electrons. The van der Waals surface area contributed by atoms with Crippen LogP contribution in [0, 0.1) is 5.92 Å². The van der Waals surface area contributed by atoms with Crippen LogP contribution in [0.2, 0.25) is 0 Å². The van der Waals surface area contributed by atoms with Gasteiger partial charge >= 0.3 is 12.6 Å². The first-order chi connectivity index (χ1) is 15.2. The number of piperidine rings is 1. The number of nitrogens with zero attached hydrogens (tertiary/aromatic N) is 1. The smallest absolute Gasteiger partial charge is 0.387 e. The first kappa shape index (κ1) is 23.6. The third-order valence-electron chi connectivity index (χ3n) is 5.08. The molecule has 0 spiro atoms. The van der Waals surface area contributed by atoms with Crippen LogP contribution in [0.15, 0.2) is 53.4 Å². The molecule has 0 aliphatic carbocycles. The highest BCUT2D eigenvalue weighted by Gasteiger charge is 2.34. The van der Waals surface area contributed by atoms with Crippen molar-refractivity contribution in [3.05, 3.63) is 54.1 Å². The number of sulfonamides is 1. The summed E-state index contributed by atoms with van der Waals surface area (Å²) in [6.07, 6.45) is 0.579. The molecule has 0 unspecified atom stereocenters. The van der Waals surface area contributed by atoms with Crippen LogP contribution in [0.25, 0.3) is 0 Å². The number of ether oxygens (including phenoxy) is 2. The second-order valence-electron chi connectivity index (χ2n) is 7.06. The van der Waals surface area contributed by atoms with Crippen LogP contribution < -0.4 is 10.1 Å². The average Bonchev–Trinajstić information content (AvgIpc) is 2.79. The Bertz CT molecular complexity index is 1070. The van der Waals surface area contributed by atoms with Gasteiger partial charge in [-0.3, -0.25) is 4.79 Å². The highest BCUT2D eigenvalue weighted by Crippen LogP contribution is 2.27. The lowest BCUT2D eigenvalue weighted by Gasteiger charge is -2.31. The Morgan fingerprint density at radius 1 is 1.06 bits per heavy atom. The van der Waals surface area contributed by atoms with Crippen LogP contribution in [0.5, 0.6) is 5.75 Å². The van der Waals surface area contributed by atoms with Gasteiger partial charge in [0.2, 0.25) is 15.9 Å². The molecule has 2 aromatic carbocycles. The number of amides is 1. The van der Waals surface area contributed by atoms with Crippen molar-refractivity contribution < 1.29 is 36.3 Å². The summed E-state index contributed by atoms with van der Waals surface area (Å²) in [6, 6.07) is 11.3. The summed E-state index contributed by atoms with van der Waals surface area (Å²) in [4.78, 5) is 24.4. The van der Waals surface area contributed by atoms with Crippen LogP contribution >= 0.6 is 0 Å². The number of carbonyl (C=O) groups excluding carboxylic acids is 2. The largest absolute Gasteiger partial charge is 0.465 e. The number of halogens is 2. The van der Waals surface area contributed by atoms with Crippen molar-refractivity contribution in [2.24, 2.45) is 5.92 Å². The molecule has 0 aromatic heterocycles. The van der Waals surface area contributed by atoms with E-state index in [1.165, 1.54) is 53.9 Å². The SMILES string of the molecule is COC(=O)c1ccccc1S(=O)(=O)N1CCC(C(=O)Nc2ccc(OC(F)F)cc2)CC1. The van der Waals surface area contributed by atoms with E-state index in [0.717, 1.165) is 0 Å². The maximum atomic E-state index is 13.1. The summed E-state index contributed by atoms with van der Waals surface area (Å²) in [5.74, 6) is -1.49. The van der Waals surface area contributed by atoms with E-state index in [1.807, 2.05) is 0 Å². The molecule has 2 aromatic rings. The van der Waals surface area contributed by atoms with Gasteiger partial charge in [-0.05, 0) is 49.2 Å². The third kappa shape index (κ3) is 5.40. The normalized spacial score (nSPS) is 15.4. The molecule has 3 rings (SSSR count). The van der Waals surface area contributed by atoms with Crippen molar-refractivity contribution in [3.63, 3.8) is 0 Å². The van der Waals surface area contributed by atoms with E-state index in [4.69, 9.17) is 0 Å². The van der Waals surface area contributed by atoms with Crippen LogP contribution in [0.4, 0.5) is 14.5 Å². The Labute approximate surface area is 184 Å². The van der Waals surface area contributed by atoms with E-state index in [0.29, 0.717) is 5.69 Å². The number of anilines is 1. The van der Waals surface area contributed by atoms with E-state index >= 15 is 0 Å². The Hall–Kier alpha value is -3.05. The predicted molar refractivity (Wildman–Crippen MR) is 111 cm³/mol. The molecule has 1 fully saturated rings. The van der Waals surface area contributed by atoms with Gasteiger partial charge in [0.1, 0.15) is 5.75 Å². The molecule has 1 heterocycles. The topological polar surface area (TPSA) is 102 Å². The van der Waals surface area contributed by atoms with E-state index in [-0.39, 0.29) is 48.0 Å². The molecular formula is C21H22F2N2O6S. The summed E-state index contributed by atoms with van der Waals surface area (Å²) >= 11 is 0. The minimum Gasteiger partial charge on any atom is -0.465 e. The Balaban J connectivity index is 1.62. The number of rotatable bonds is 7. The molecule has 11 heteroatoms. The predicted octanol–water partition coefficient (Wildman–Crippen LogP) is 3.11. The van der Waals surface area contributed by atoms with Crippen LogP contribution in [-0.2, 0) is 19.6 Å². The number of benzene rings is 2. The van der Waals surface area contributed by atoms with Crippen LogP contribution in [0.3, 0.4) is 0 Å². The minimum absolute atomic E-state index is 0.0243. The van der Waals surface area contributed by atoms with Crippen LogP contribution in [-0.4, -0.2) is 51.4 Å². The van der Waals surface area contributed by atoms with Gasteiger partial charge in [-0.2, -0.15) is 13.1 Å². The lowest BCUT2D eigenvalue weighted by Crippen LogP contribution is -2.41. The number of alkyl halides is 2. The van der Waals surface area contributed by atoms with Gasteiger partial charge in [0.15, 0.2) is 0 Å². The van der Waals surface area contributed by atoms with Crippen molar-refractivity contribution in [1.82, 2.24) is 4.31 Å². The maximum absolute atomic E-state index is 13.1. The number of hydrogen-bond donors (Lipinski definition) is 1. The van der Waals surface area contributed by atoms with Gasteiger partial charge in [-0.25, -0.2) is 13.2 Å². The second-order valence-corrected chi connectivity index (χ2v) is 8.96. The molecule has 1 aliphatic heterocycles. The fraction of sp³-hybridized carbons (Fsp3) is 0.333. The van der Waals surface area contributed by atoms with Crippen molar-refractivity contribution in [3.8, 4) is 5.75 Å². The Kier molecular flexibility index (Phi) is 7.41. The summed E-state index contributed by atoms with van der Waals surface area (Å²) in [5, 5.41) is 2.70. The third-order valence-corrected chi connectivity index (χ3v) is 7.04. The monoisotopic (exact) mass is 468 g/mol. The van der Waals surface area contributed by atoms with Crippen molar-refractivity contribution >= 4 is 27.6 Å². The zero-order chi connectivity index (χ0) is 23.3. The zero-order valence-corrected chi connectivity index (χ0v) is 18.0. The molecule has 1 saturated heterocycles. The van der Waals surface area contributed by atoms with Gasteiger partial charge in [0.05, 0.1) is 17.6 Å². The van der Waals surface area contributed by atoms with E-state index < -0.39 is 28.5 Å². The van der Waals surface area contributed by atoms with Crippen molar-refractivity contribution in [2.45, 2.75) is 24.3 Å². The lowest BCUT2D eigenvalue weighted by molar-refractivity contribution is -0.120. The Morgan fingerprint density at radius 3 is 2.28 bits per heavy atom. The number of nitrogens with one attached hydrogen (secondary N) is 1. The molecule has 0 bridgehead atoms. The molecule has 1 aliphatic rings. The van der Waals surface area contributed by atoms with E-state index in [9.17, 15) is 26.8 Å². The standard InChI is InChI=1S/C21H22F2N2O6S/c1-30-20(27)17-4-2-3-5-18(17)32(28,29)25-12-10-14(11-13-25)19(26)24-15-6-8-16(9-7-15)31-21(22)23/h2-9,14,21H,10-13H2,1H3,(H,24,26). The molecule has 0 radical (unpaired) electrons. The first-order valence-electron chi connectivity index (χ1n) is 9.75. The van der Waals surface area contributed by atoms with Gasteiger partial charge in [-0.15, -0.1) is 0 Å². The Morgan fingerprint density at radius 2 is 1.69 bits per heavy atom. The molecule has 8 nitrogen and oxygen atoms in total. The molecule has 1 amide bonds. The average molecular weight is 468 g/mol. The zero-order valence-electron chi connectivity index (χ0n) is 17.2. The fourth-order valence-electron chi connectivity index (χ4n) is 3.43. The molecule has 32 heavy (non-hydrogen) atoms. The summed E-state index contributed by atoms with van der Waals surface area (Å²) in [6.45, 7) is -2.72. The lowest BCUT2D eigenvalue weighted by atomic mass is 9.97. The number of esters is 1. The minimum atomic E-state index is -3.94. The highest BCUT2D eigenvalue weighted by atomic mass is 32.2. The molecule has 1 N–H and O–H groups in total.